The summed E-state index contributed by atoms with van der Waals surface area (Å²) in [5, 5.41) is 7.23. The number of nitrogens with one attached hydrogen (secondary N) is 3. The van der Waals surface area contributed by atoms with Gasteiger partial charge in [-0.25, -0.2) is 0 Å². The van der Waals surface area contributed by atoms with Gasteiger partial charge in [-0.05, 0) is 41.5 Å². The molecule has 0 aromatic rings. The maximum absolute atomic E-state index is 11.9. The second kappa shape index (κ2) is 9.21. The lowest BCUT2D eigenvalue weighted by atomic mass is 10.2. The Hall–Kier alpha value is -2.16. The summed E-state index contributed by atoms with van der Waals surface area (Å²) in [5.41, 5.74) is 4.75. The summed E-state index contributed by atoms with van der Waals surface area (Å²) in [6, 6.07) is -2.46. The Bertz CT molecular complexity index is 485. The number of hydrogen-bond donors (Lipinski definition) is 4. The highest BCUT2D eigenvalue weighted by molar-refractivity contribution is 5.93. The Balaban J connectivity index is 4.32. The lowest BCUT2D eigenvalue weighted by molar-refractivity contribution is -0.154. The average Bonchev–Trinajstić information content (AvgIpc) is 2.42. The number of rotatable bonds is 7. The molecule has 0 radical (unpaired) electrons. The van der Waals surface area contributed by atoms with Crippen LogP contribution in [0.25, 0.3) is 0 Å². The van der Waals surface area contributed by atoms with Gasteiger partial charge in [0.05, 0.1) is 6.04 Å². The molecule has 3 atom stereocenters. The van der Waals surface area contributed by atoms with Crippen molar-refractivity contribution < 1.29 is 23.9 Å². The first-order chi connectivity index (χ1) is 10.8. The smallest absolute Gasteiger partial charge is 0.325 e. The fourth-order valence-corrected chi connectivity index (χ4v) is 1.50. The highest BCUT2D eigenvalue weighted by atomic mass is 16.6. The molecule has 0 aliphatic heterocycles. The third kappa shape index (κ3) is 9.09. The lowest BCUT2D eigenvalue weighted by Crippen LogP contribution is -2.54. The second-order valence-electron chi connectivity index (χ2n) is 6.55. The standard InChI is InChI=1S/C15H28N4O5/c1-8(16)12(21)18-10(3)14(23)19-9(2)13(22)17-7-11(20)24-15(4,5)6/h8-10H,7,16H2,1-6H3,(H,17,22)(H,18,21)(H,19,23)/t8-,9-,10+/m0/s1. The first-order valence-corrected chi connectivity index (χ1v) is 7.69. The van der Waals surface area contributed by atoms with Gasteiger partial charge in [0.1, 0.15) is 24.2 Å². The Morgan fingerprint density at radius 3 is 1.83 bits per heavy atom. The molecule has 9 heteroatoms. The van der Waals surface area contributed by atoms with Crippen LogP contribution in [0.2, 0.25) is 0 Å². The molecule has 5 N–H and O–H groups in total. The molecule has 0 aliphatic carbocycles. The van der Waals surface area contributed by atoms with Gasteiger partial charge >= 0.3 is 5.97 Å². The SMILES string of the molecule is C[C@H](N)C(=O)N[C@H](C)C(=O)N[C@@H](C)C(=O)NCC(=O)OC(C)(C)C. The number of carbonyl (C=O) groups excluding carboxylic acids is 4. The Labute approximate surface area is 142 Å². The summed E-state index contributed by atoms with van der Waals surface area (Å²) in [6.07, 6.45) is 0. The van der Waals surface area contributed by atoms with Crippen molar-refractivity contribution in [2.75, 3.05) is 6.54 Å². The first kappa shape index (κ1) is 21.8. The molecule has 0 aromatic heterocycles. The summed E-state index contributed by atoms with van der Waals surface area (Å²) in [5.74, 6) is -2.13. The maximum atomic E-state index is 11.9. The van der Waals surface area contributed by atoms with E-state index in [4.69, 9.17) is 10.5 Å². The number of ether oxygens (including phenoxy) is 1. The summed E-state index contributed by atoms with van der Waals surface area (Å²) >= 11 is 0. The topological polar surface area (TPSA) is 140 Å². The van der Waals surface area contributed by atoms with Crippen LogP contribution in [0.15, 0.2) is 0 Å². The van der Waals surface area contributed by atoms with E-state index in [-0.39, 0.29) is 6.54 Å². The fraction of sp³-hybridized carbons (Fsp3) is 0.733. The van der Waals surface area contributed by atoms with E-state index in [1.165, 1.54) is 20.8 Å². The van der Waals surface area contributed by atoms with E-state index in [1.54, 1.807) is 20.8 Å². The van der Waals surface area contributed by atoms with Crippen molar-refractivity contribution in [2.45, 2.75) is 65.3 Å². The van der Waals surface area contributed by atoms with E-state index in [2.05, 4.69) is 16.0 Å². The zero-order valence-electron chi connectivity index (χ0n) is 15.1. The van der Waals surface area contributed by atoms with Crippen LogP contribution in [0.1, 0.15) is 41.5 Å². The van der Waals surface area contributed by atoms with Crippen molar-refractivity contribution in [3.8, 4) is 0 Å². The van der Waals surface area contributed by atoms with E-state index in [0.717, 1.165) is 0 Å². The lowest BCUT2D eigenvalue weighted by Gasteiger charge is -2.21. The molecule has 0 unspecified atom stereocenters. The Morgan fingerprint density at radius 2 is 1.38 bits per heavy atom. The molecule has 0 bridgehead atoms. The quantitative estimate of drug-likeness (QED) is 0.428. The molecule has 0 spiro atoms. The van der Waals surface area contributed by atoms with Crippen LogP contribution in [-0.2, 0) is 23.9 Å². The predicted molar refractivity (Wildman–Crippen MR) is 87.7 cm³/mol. The molecule has 0 saturated carbocycles. The van der Waals surface area contributed by atoms with E-state index < -0.39 is 47.4 Å². The van der Waals surface area contributed by atoms with Crippen molar-refractivity contribution in [1.29, 1.82) is 0 Å². The molecule has 24 heavy (non-hydrogen) atoms. The molecule has 0 heterocycles. The molecular formula is C15H28N4O5. The molecule has 0 aromatic carbocycles. The van der Waals surface area contributed by atoms with E-state index in [1.807, 2.05) is 0 Å². The van der Waals surface area contributed by atoms with E-state index >= 15 is 0 Å². The van der Waals surface area contributed by atoms with Crippen molar-refractivity contribution in [1.82, 2.24) is 16.0 Å². The number of hydrogen-bond acceptors (Lipinski definition) is 6. The van der Waals surface area contributed by atoms with Crippen LogP contribution < -0.4 is 21.7 Å². The predicted octanol–water partition coefficient (Wildman–Crippen LogP) is -1.20. The van der Waals surface area contributed by atoms with E-state index in [9.17, 15) is 19.2 Å². The molecule has 0 aliphatic rings. The normalized spacial score (nSPS) is 14.8. The van der Waals surface area contributed by atoms with Crippen molar-refractivity contribution in [3.05, 3.63) is 0 Å². The highest BCUT2D eigenvalue weighted by Crippen LogP contribution is 2.06. The average molecular weight is 344 g/mol. The van der Waals surface area contributed by atoms with Gasteiger partial charge in [-0.3, -0.25) is 19.2 Å². The summed E-state index contributed by atoms with van der Waals surface area (Å²) in [7, 11) is 0. The maximum Gasteiger partial charge on any atom is 0.325 e. The van der Waals surface area contributed by atoms with Gasteiger partial charge in [0, 0.05) is 0 Å². The summed E-state index contributed by atoms with van der Waals surface area (Å²) in [6.45, 7) is 9.28. The molecule has 0 saturated heterocycles. The van der Waals surface area contributed by atoms with Gasteiger partial charge in [0.25, 0.3) is 0 Å². The van der Waals surface area contributed by atoms with Crippen LogP contribution in [0.5, 0.6) is 0 Å². The minimum atomic E-state index is -0.880. The van der Waals surface area contributed by atoms with Crippen LogP contribution in [0.3, 0.4) is 0 Å². The summed E-state index contributed by atoms with van der Waals surface area (Å²) < 4.78 is 5.05. The third-order valence-corrected chi connectivity index (χ3v) is 2.74. The van der Waals surface area contributed by atoms with Crippen LogP contribution in [0, 0.1) is 0 Å². The van der Waals surface area contributed by atoms with Crippen molar-refractivity contribution in [2.24, 2.45) is 5.73 Å². The van der Waals surface area contributed by atoms with Crippen molar-refractivity contribution >= 4 is 23.7 Å². The number of amides is 3. The van der Waals surface area contributed by atoms with Gasteiger partial charge in [0.2, 0.25) is 17.7 Å². The zero-order valence-corrected chi connectivity index (χ0v) is 15.1. The Kier molecular flexibility index (Phi) is 8.38. The van der Waals surface area contributed by atoms with E-state index in [0.29, 0.717) is 0 Å². The second-order valence-corrected chi connectivity index (χ2v) is 6.55. The highest BCUT2D eigenvalue weighted by Gasteiger charge is 2.23. The van der Waals surface area contributed by atoms with Gasteiger partial charge in [0.15, 0.2) is 0 Å². The number of carbonyl (C=O) groups is 4. The van der Waals surface area contributed by atoms with Crippen molar-refractivity contribution in [3.63, 3.8) is 0 Å². The van der Waals surface area contributed by atoms with Gasteiger partial charge in [-0.2, -0.15) is 0 Å². The number of esters is 1. The minimum Gasteiger partial charge on any atom is -0.459 e. The summed E-state index contributed by atoms with van der Waals surface area (Å²) in [4.78, 5) is 46.7. The molecule has 9 nitrogen and oxygen atoms in total. The minimum absolute atomic E-state index is 0.298. The third-order valence-electron chi connectivity index (χ3n) is 2.74. The van der Waals surface area contributed by atoms with Crippen LogP contribution in [-0.4, -0.2) is 54.0 Å². The van der Waals surface area contributed by atoms with Crippen LogP contribution in [0.4, 0.5) is 0 Å². The fourth-order valence-electron chi connectivity index (χ4n) is 1.50. The first-order valence-electron chi connectivity index (χ1n) is 7.69. The Morgan fingerprint density at radius 1 is 0.917 bits per heavy atom. The molecular weight excluding hydrogens is 316 g/mol. The largest absolute Gasteiger partial charge is 0.459 e. The molecule has 138 valence electrons. The number of nitrogens with two attached hydrogens (primary N) is 1. The monoisotopic (exact) mass is 344 g/mol. The zero-order chi connectivity index (χ0) is 19.1. The molecule has 0 fully saturated rings. The molecule has 3 amide bonds. The van der Waals surface area contributed by atoms with Gasteiger partial charge in [-0.15, -0.1) is 0 Å². The van der Waals surface area contributed by atoms with Gasteiger partial charge < -0.3 is 26.4 Å². The van der Waals surface area contributed by atoms with Gasteiger partial charge in [-0.1, -0.05) is 0 Å². The molecule has 0 rings (SSSR count). The van der Waals surface area contributed by atoms with Crippen LogP contribution >= 0.6 is 0 Å².